The first-order chi connectivity index (χ1) is 12.4. The maximum atomic E-state index is 12.9. The summed E-state index contributed by atoms with van der Waals surface area (Å²) in [7, 11) is 0. The second-order valence-electron chi connectivity index (χ2n) is 7.09. The summed E-state index contributed by atoms with van der Waals surface area (Å²) in [5.41, 5.74) is -0.387. The van der Waals surface area contributed by atoms with Gasteiger partial charge >= 0.3 is 6.18 Å². The van der Waals surface area contributed by atoms with Crippen LogP contribution in [-0.2, 0) is 6.18 Å². The molecule has 2 atom stereocenters. The number of hydrogen-bond acceptors (Lipinski definition) is 3. The smallest absolute Gasteiger partial charge is 0.348 e. The lowest BCUT2D eigenvalue weighted by Crippen LogP contribution is -2.52. The summed E-state index contributed by atoms with van der Waals surface area (Å²) >= 11 is 1.17. The topological polar surface area (TPSA) is 32.3 Å². The van der Waals surface area contributed by atoms with Crippen molar-refractivity contribution in [3.63, 3.8) is 0 Å². The molecular weight excluding hydrogens is 361 g/mol. The van der Waals surface area contributed by atoms with Crippen LogP contribution in [0.1, 0.15) is 54.4 Å². The van der Waals surface area contributed by atoms with E-state index in [1.165, 1.54) is 37.1 Å². The van der Waals surface area contributed by atoms with Gasteiger partial charge in [-0.3, -0.25) is 9.69 Å². The minimum Gasteiger partial charge on any atom is -0.348 e. The van der Waals surface area contributed by atoms with Crippen LogP contribution >= 0.6 is 11.8 Å². The Labute approximate surface area is 156 Å². The Morgan fingerprint density at radius 2 is 1.85 bits per heavy atom. The third kappa shape index (κ3) is 4.36. The average molecular weight is 386 g/mol. The summed E-state index contributed by atoms with van der Waals surface area (Å²) < 4.78 is 38.8. The molecule has 1 aliphatic carbocycles. The number of alkyl halides is 3. The second kappa shape index (κ2) is 8.21. The van der Waals surface area contributed by atoms with E-state index in [-0.39, 0.29) is 11.9 Å². The van der Waals surface area contributed by atoms with Crippen LogP contribution in [0.15, 0.2) is 23.1 Å². The van der Waals surface area contributed by atoms with Crippen LogP contribution in [0.2, 0.25) is 0 Å². The molecule has 0 bridgehead atoms. The summed E-state index contributed by atoms with van der Waals surface area (Å²) in [5, 5.41) is 3.12. The number of nitrogens with zero attached hydrogens (tertiary/aromatic N) is 1. The Morgan fingerprint density at radius 1 is 1.15 bits per heavy atom. The lowest BCUT2D eigenvalue weighted by Gasteiger charge is -2.38. The second-order valence-corrected chi connectivity index (χ2v) is 7.94. The van der Waals surface area contributed by atoms with E-state index in [1.54, 1.807) is 6.26 Å². The molecule has 1 aromatic carbocycles. The molecule has 1 saturated heterocycles. The van der Waals surface area contributed by atoms with Crippen molar-refractivity contribution in [3.8, 4) is 0 Å². The molecule has 3 nitrogen and oxygen atoms in total. The predicted octanol–water partition coefficient (Wildman–Crippen LogP) is 4.56. The van der Waals surface area contributed by atoms with Crippen LogP contribution in [0.4, 0.5) is 13.2 Å². The van der Waals surface area contributed by atoms with Gasteiger partial charge in [0.05, 0.1) is 11.1 Å². The quantitative estimate of drug-likeness (QED) is 0.770. The highest BCUT2D eigenvalue weighted by Gasteiger charge is 2.34. The van der Waals surface area contributed by atoms with Crippen LogP contribution in [0.25, 0.3) is 0 Å². The first-order valence-corrected chi connectivity index (χ1v) is 10.4. The Kier molecular flexibility index (Phi) is 6.17. The number of rotatable bonds is 4. The van der Waals surface area contributed by atoms with Crippen molar-refractivity contribution in [2.24, 2.45) is 0 Å². The minimum absolute atomic E-state index is 0.0753. The van der Waals surface area contributed by atoms with E-state index in [4.69, 9.17) is 0 Å². The summed E-state index contributed by atoms with van der Waals surface area (Å²) in [5.74, 6) is -0.265. The minimum atomic E-state index is -4.40. The third-order valence-corrected chi connectivity index (χ3v) is 6.21. The normalized spacial score (nSPS) is 24.6. The molecule has 0 spiro atoms. The molecule has 2 aliphatic rings. The molecule has 0 radical (unpaired) electrons. The highest BCUT2D eigenvalue weighted by Crippen LogP contribution is 2.33. The number of nitrogens with one attached hydrogen (secondary N) is 1. The number of amides is 1. The Hall–Kier alpha value is -1.21. The van der Waals surface area contributed by atoms with Crippen molar-refractivity contribution in [2.75, 3.05) is 19.3 Å². The van der Waals surface area contributed by atoms with Gasteiger partial charge in [0.1, 0.15) is 0 Å². The van der Waals surface area contributed by atoms with Crippen LogP contribution in [-0.4, -0.2) is 42.2 Å². The molecule has 1 aromatic rings. The molecule has 1 aliphatic heterocycles. The Bertz CT molecular complexity index is 644. The van der Waals surface area contributed by atoms with Crippen LogP contribution < -0.4 is 5.32 Å². The average Bonchev–Trinajstić information content (AvgIpc) is 3.15. The summed E-state index contributed by atoms with van der Waals surface area (Å²) in [6.45, 7) is 2.15. The number of carbonyl (C=O) groups excluding carboxylic acids is 1. The van der Waals surface area contributed by atoms with Crippen molar-refractivity contribution in [2.45, 2.75) is 61.7 Å². The van der Waals surface area contributed by atoms with Gasteiger partial charge in [0.15, 0.2) is 0 Å². The lowest BCUT2D eigenvalue weighted by atomic mass is 9.89. The molecule has 1 N–H and O–H groups in total. The van der Waals surface area contributed by atoms with E-state index < -0.39 is 11.7 Å². The Balaban J connectivity index is 1.76. The summed E-state index contributed by atoms with van der Waals surface area (Å²) in [6, 6.07) is 3.79. The van der Waals surface area contributed by atoms with E-state index in [0.717, 1.165) is 44.5 Å². The highest BCUT2D eigenvalue weighted by molar-refractivity contribution is 7.98. The van der Waals surface area contributed by atoms with Gasteiger partial charge in [-0.2, -0.15) is 13.2 Å². The van der Waals surface area contributed by atoms with E-state index in [1.807, 2.05) is 0 Å². The van der Waals surface area contributed by atoms with Gasteiger partial charge < -0.3 is 5.32 Å². The fraction of sp³-hybridized carbons (Fsp3) is 0.632. The molecule has 1 saturated carbocycles. The zero-order valence-electron chi connectivity index (χ0n) is 14.9. The molecule has 0 aromatic heterocycles. The first kappa shape index (κ1) is 19.5. The van der Waals surface area contributed by atoms with Crippen molar-refractivity contribution < 1.29 is 18.0 Å². The standard InChI is InChI=1S/C19H25F3N2OS/c1-26-17-12-13(19(20,21)22)8-9-14(17)18(25)23-15-6-2-3-7-16(15)24-10-4-5-11-24/h8-9,12,15-16H,2-7,10-11H2,1H3,(H,23,25)/t15-,16+/m0/s1. The van der Waals surface area contributed by atoms with Crippen LogP contribution in [0.3, 0.4) is 0 Å². The van der Waals surface area contributed by atoms with Gasteiger partial charge in [0.2, 0.25) is 0 Å². The number of hydrogen-bond donors (Lipinski definition) is 1. The maximum absolute atomic E-state index is 12.9. The first-order valence-electron chi connectivity index (χ1n) is 9.20. The third-order valence-electron chi connectivity index (χ3n) is 5.43. The van der Waals surface area contributed by atoms with Gasteiger partial charge in [0.25, 0.3) is 5.91 Å². The molecular formula is C19H25F3N2OS. The molecule has 0 unspecified atom stereocenters. The molecule has 7 heteroatoms. The van der Waals surface area contributed by atoms with Gasteiger partial charge in [-0.25, -0.2) is 0 Å². The zero-order valence-corrected chi connectivity index (χ0v) is 15.8. The van der Waals surface area contributed by atoms with E-state index in [9.17, 15) is 18.0 Å². The predicted molar refractivity (Wildman–Crippen MR) is 97.5 cm³/mol. The largest absolute Gasteiger partial charge is 0.416 e. The highest BCUT2D eigenvalue weighted by atomic mass is 32.2. The number of carbonyl (C=O) groups is 1. The number of likely N-dealkylation sites (tertiary alicyclic amines) is 1. The van der Waals surface area contributed by atoms with Gasteiger partial charge in [0, 0.05) is 17.0 Å². The van der Waals surface area contributed by atoms with Crippen molar-refractivity contribution in [1.82, 2.24) is 10.2 Å². The number of benzene rings is 1. The fourth-order valence-corrected chi connectivity index (χ4v) is 4.72. The van der Waals surface area contributed by atoms with E-state index in [2.05, 4.69) is 10.2 Å². The number of thioether (sulfide) groups is 1. The summed E-state index contributed by atoms with van der Waals surface area (Å²) in [6.07, 6.45) is 3.96. The van der Waals surface area contributed by atoms with Gasteiger partial charge in [-0.05, 0) is 63.2 Å². The SMILES string of the molecule is CSc1cc(C(F)(F)F)ccc1C(=O)N[C@H]1CCCC[C@H]1N1CCCC1. The lowest BCUT2D eigenvalue weighted by molar-refractivity contribution is -0.137. The van der Waals surface area contributed by atoms with Crippen molar-refractivity contribution in [3.05, 3.63) is 29.3 Å². The molecule has 3 rings (SSSR count). The molecule has 26 heavy (non-hydrogen) atoms. The van der Waals surface area contributed by atoms with Crippen molar-refractivity contribution >= 4 is 17.7 Å². The van der Waals surface area contributed by atoms with Gasteiger partial charge in [-0.15, -0.1) is 11.8 Å². The summed E-state index contributed by atoms with van der Waals surface area (Å²) in [4.78, 5) is 15.6. The van der Waals surface area contributed by atoms with E-state index >= 15 is 0 Å². The fourth-order valence-electron chi connectivity index (χ4n) is 4.09. The zero-order chi connectivity index (χ0) is 18.7. The molecule has 1 amide bonds. The Morgan fingerprint density at radius 3 is 2.50 bits per heavy atom. The maximum Gasteiger partial charge on any atom is 0.416 e. The van der Waals surface area contributed by atoms with E-state index in [0.29, 0.717) is 16.5 Å². The molecule has 2 fully saturated rings. The van der Waals surface area contributed by atoms with Crippen LogP contribution in [0, 0.1) is 0 Å². The molecule has 144 valence electrons. The number of halogens is 3. The monoisotopic (exact) mass is 386 g/mol. The van der Waals surface area contributed by atoms with Crippen molar-refractivity contribution in [1.29, 1.82) is 0 Å². The van der Waals surface area contributed by atoms with Gasteiger partial charge in [-0.1, -0.05) is 12.8 Å². The molecule has 1 heterocycles. The van der Waals surface area contributed by atoms with Crippen LogP contribution in [0.5, 0.6) is 0 Å².